The summed E-state index contributed by atoms with van der Waals surface area (Å²) < 4.78 is 0. The van der Waals surface area contributed by atoms with Crippen molar-refractivity contribution in [1.82, 2.24) is 9.99 Å². The van der Waals surface area contributed by atoms with E-state index in [1.54, 1.807) is 6.07 Å². The fourth-order valence-corrected chi connectivity index (χ4v) is 1.59. The van der Waals surface area contributed by atoms with E-state index in [1.807, 2.05) is 0 Å². The van der Waals surface area contributed by atoms with Crippen LogP contribution in [0.3, 0.4) is 0 Å². The van der Waals surface area contributed by atoms with E-state index in [-0.39, 0.29) is 5.56 Å². The highest BCUT2D eigenvalue weighted by Crippen LogP contribution is 2.17. The molecule has 0 atom stereocenters. The fraction of sp³-hybridized carbons (Fsp3) is 0.333. The quantitative estimate of drug-likeness (QED) is 0.726. The molecule has 15 heavy (non-hydrogen) atoms. The zero-order chi connectivity index (χ0) is 10.8. The van der Waals surface area contributed by atoms with E-state index in [4.69, 9.17) is 5.11 Å². The lowest BCUT2D eigenvalue weighted by molar-refractivity contribution is 0.0696. The number of nitroso groups, excluding NO2 is 1. The molecule has 0 saturated heterocycles. The van der Waals surface area contributed by atoms with Crippen LogP contribution in [0.25, 0.3) is 0 Å². The average Bonchev–Trinajstić information content (AvgIpc) is 2.27. The Morgan fingerprint density at radius 1 is 1.60 bits per heavy atom. The molecule has 0 bridgehead atoms. The van der Waals surface area contributed by atoms with E-state index < -0.39 is 5.97 Å². The van der Waals surface area contributed by atoms with Crippen LogP contribution in [0.1, 0.15) is 21.6 Å². The van der Waals surface area contributed by atoms with E-state index in [0.717, 1.165) is 11.3 Å². The van der Waals surface area contributed by atoms with Gasteiger partial charge in [0.05, 0.1) is 23.1 Å². The number of fused-ring (bicyclic) bond motifs is 1. The van der Waals surface area contributed by atoms with Crippen molar-refractivity contribution in [1.29, 1.82) is 0 Å². The van der Waals surface area contributed by atoms with Crippen molar-refractivity contribution in [3.8, 4) is 0 Å². The van der Waals surface area contributed by atoms with Crippen molar-refractivity contribution < 1.29 is 9.90 Å². The van der Waals surface area contributed by atoms with Gasteiger partial charge in [-0.05, 0) is 18.1 Å². The molecule has 2 rings (SSSR count). The predicted octanol–water partition coefficient (Wildman–Crippen LogP) is 0.819. The molecular weight excluding hydrogens is 198 g/mol. The molecule has 0 aromatic carbocycles. The Kier molecular flexibility index (Phi) is 2.32. The summed E-state index contributed by atoms with van der Waals surface area (Å²) in [6.45, 7) is 0.875. The van der Waals surface area contributed by atoms with Crippen LogP contribution in [0.5, 0.6) is 0 Å². The van der Waals surface area contributed by atoms with E-state index in [9.17, 15) is 9.70 Å². The minimum Gasteiger partial charge on any atom is -0.478 e. The Bertz CT molecular complexity index is 419. The minimum atomic E-state index is -0.985. The van der Waals surface area contributed by atoms with Crippen molar-refractivity contribution in [2.45, 2.75) is 13.0 Å². The molecule has 1 aromatic rings. The molecule has 1 aromatic heterocycles. The van der Waals surface area contributed by atoms with Crippen molar-refractivity contribution >= 4 is 5.97 Å². The lowest BCUT2D eigenvalue weighted by Crippen LogP contribution is -2.26. The van der Waals surface area contributed by atoms with E-state index in [1.165, 1.54) is 11.2 Å². The zero-order valence-corrected chi connectivity index (χ0v) is 7.88. The van der Waals surface area contributed by atoms with Gasteiger partial charge in [0, 0.05) is 12.7 Å². The SMILES string of the molecule is O=NN1CCc2cc(C(=O)O)cnc2C1. The number of rotatable bonds is 2. The summed E-state index contributed by atoms with van der Waals surface area (Å²) in [5.41, 5.74) is 1.79. The lowest BCUT2D eigenvalue weighted by Gasteiger charge is -2.22. The molecule has 0 radical (unpaired) electrons. The molecule has 2 heterocycles. The summed E-state index contributed by atoms with van der Waals surface area (Å²) in [6, 6.07) is 1.60. The van der Waals surface area contributed by atoms with Crippen LogP contribution < -0.4 is 0 Å². The van der Waals surface area contributed by atoms with Gasteiger partial charge < -0.3 is 5.11 Å². The topological polar surface area (TPSA) is 82.9 Å². The van der Waals surface area contributed by atoms with E-state index in [2.05, 4.69) is 10.3 Å². The first-order valence-electron chi connectivity index (χ1n) is 4.50. The first-order chi connectivity index (χ1) is 7.20. The van der Waals surface area contributed by atoms with Gasteiger partial charge >= 0.3 is 5.97 Å². The highest BCUT2D eigenvalue weighted by molar-refractivity contribution is 5.87. The van der Waals surface area contributed by atoms with Crippen molar-refractivity contribution in [2.75, 3.05) is 6.54 Å². The third kappa shape index (κ3) is 1.78. The molecule has 6 nitrogen and oxygen atoms in total. The van der Waals surface area contributed by atoms with Crippen molar-refractivity contribution in [3.05, 3.63) is 34.0 Å². The summed E-state index contributed by atoms with van der Waals surface area (Å²) in [4.78, 5) is 25.0. The number of carboxylic acid groups (broad SMARTS) is 1. The number of aromatic carboxylic acids is 1. The van der Waals surface area contributed by atoms with Gasteiger partial charge in [0.15, 0.2) is 0 Å². The third-order valence-electron chi connectivity index (χ3n) is 2.39. The first kappa shape index (κ1) is 9.57. The fourth-order valence-electron chi connectivity index (χ4n) is 1.59. The molecule has 0 amide bonds. The predicted molar refractivity (Wildman–Crippen MR) is 51.1 cm³/mol. The monoisotopic (exact) mass is 207 g/mol. The second-order valence-electron chi connectivity index (χ2n) is 3.35. The Labute approximate surface area is 85.5 Å². The number of carbonyl (C=O) groups is 1. The lowest BCUT2D eigenvalue weighted by atomic mass is 10.0. The molecule has 0 spiro atoms. The molecule has 0 unspecified atom stereocenters. The van der Waals surface area contributed by atoms with E-state index >= 15 is 0 Å². The number of aromatic nitrogens is 1. The first-order valence-corrected chi connectivity index (χ1v) is 4.50. The number of pyridine rings is 1. The second-order valence-corrected chi connectivity index (χ2v) is 3.35. The maximum absolute atomic E-state index is 10.7. The Hall–Kier alpha value is -1.98. The number of hydrogen-bond acceptors (Lipinski definition) is 4. The molecule has 1 N–H and O–H groups in total. The molecule has 6 heteroatoms. The normalized spacial score (nSPS) is 14.5. The van der Waals surface area contributed by atoms with Crippen LogP contribution in [0.15, 0.2) is 17.5 Å². The zero-order valence-electron chi connectivity index (χ0n) is 7.88. The van der Waals surface area contributed by atoms with Gasteiger partial charge in [-0.3, -0.25) is 9.99 Å². The summed E-state index contributed by atoms with van der Waals surface area (Å²) in [5, 5.41) is 13.0. The van der Waals surface area contributed by atoms with Gasteiger partial charge in [0.25, 0.3) is 0 Å². The maximum atomic E-state index is 10.7. The van der Waals surface area contributed by atoms with E-state index in [0.29, 0.717) is 19.5 Å². The second kappa shape index (κ2) is 3.64. The highest BCUT2D eigenvalue weighted by Gasteiger charge is 2.18. The molecule has 78 valence electrons. The molecule has 0 aliphatic carbocycles. The van der Waals surface area contributed by atoms with Crippen molar-refractivity contribution in [2.24, 2.45) is 5.29 Å². The van der Waals surface area contributed by atoms with Crippen LogP contribution in [-0.2, 0) is 13.0 Å². The van der Waals surface area contributed by atoms with Crippen LogP contribution in [0, 0.1) is 4.91 Å². The third-order valence-corrected chi connectivity index (χ3v) is 2.39. The maximum Gasteiger partial charge on any atom is 0.337 e. The summed E-state index contributed by atoms with van der Waals surface area (Å²) in [6.07, 6.45) is 1.91. The largest absolute Gasteiger partial charge is 0.478 e. The van der Waals surface area contributed by atoms with Gasteiger partial charge in [0.1, 0.15) is 0 Å². The summed E-state index contributed by atoms with van der Waals surface area (Å²) >= 11 is 0. The summed E-state index contributed by atoms with van der Waals surface area (Å²) in [7, 11) is 0. The number of carboxylic acids is 1. The minimum absolute atomic E-state index is 0.182. The molecule has 1 aliphatic heterocycles. The van der Waals surface area contributed by atoms with Gasteiger partial charge in [-0.1, -0.05) is 0 Å². The number of hydrogen-bond donors (Lipinski definition) is 1. The average molecular weight is 207 g/mol. The molecule has 0 saturated carbocycles. The van der Waals surface area contributed by atoms with Crippen molar-refractivity contribution in [3.63, 3.8) is 0 Å². The molecule has 1 aliphatic rings. The molecule has 0 fully saturated rings. The number of nitrogens with zero attached hydrogens (tertiary/aromatic N) is 3. The molecular formula is C9H9N3O3. The van der Waals surface area contributed by atoms with Crippen LogP contribution >= 0.6 is 0 Å². The Morgan fingerprint density at radius 3 is 3.07 bits per heavy atom. The van der Waals surface area contributed by atoms with Crippen LogP contribution in [0.2, 0.25) is 0 Å². The van der Waals surface area contributed by atoms with Crippen LogP contribution in [-0.4, -0.2) is 27.6 Å². The van der Waals surface area contributed by atoms with Gasteiger partial charge in [-0.15, -0.1) is 4.91 Å². The van der Waals surface area contributed by atoms with Gasteiger partial charge in [-0.25, -0.2) is 4.79 Å². The van der Waals surface area contributed by atoms with Gasteiger partial charge in [0.2, 0.25) is 0 Å². The van der Waals surface area contributed by atoms with Gasteiger partial charge in [-0.2, -0.15) is 0 Å². The standard InChI is InChI=1S/C9H9N3O3/c13-9(14)7-3-6-1-2-12(11-15)5-8(6)10-4-7/h3-4H,1-2,5H2,(H,13,14). The Balaban J connectivity index is 2.32. The smallest absolute Gasteiger partial charge is 0.337 e. The van der Waals surface area contributed by atoms with Crippen LogP contribution in [0.4, 0.5) is 0 Å². The Morgan fingerprint density at radius 2 is 2.40 bits per heavy atom. The highest BCUT2D eigenvalue weighted by atomic mass is 16.4. The summed E-state index contributed by atoms with van der Waals surface area (Å²) in [5.74, 6) is -0.985.